The SMILES string of the molecule is C[C@@H]1C[C@@H](C)CN(S(=O)(=O)c2ccc(C(=O)NC[C@@H](c3cccs3)N(C)C)cc2)C1. The summed E-state index contributed by atoms with van der Waals surface area (Å²) in [4.78, 5) is 16.1. The summed E-state index contributed by atoms with van der Waals surface area (Å²) < 4.78 is 27.6. The minimum Gasteiger partial charge on any atom is -0.350 e. The Morgan fingerprint density at radius 3 is 2.33 bits per heavy atom. The molecule has 164 valence electrons. The van der Waals surface area contributed by atoms with Crippen LogP contribution in [0.1, 0.15) is 41.5 Å². The predicted molar refractivity (Wildman–Crippen MR) is 121 cm³/mol. The monoisotopic (exact) mass is 449 g/mol. The molecule has 8 heteroatoms. The quantitative estimate of drug-likeness (QED) is 0.703. The van der Waals surface area contributed by atoms with Crippen LogP contribution in [0.2, 0.25) is 0 Å². The van der Waals surface area contributed by atoms with Crippen LogP contribution in [-0.4, -0.2) is 57.3 Å². The number of nitrogens with one attached hydrogen (secondary N) is 1. The molecule has 0 unspecified atom stereocenters. The van der Waals surface area contributed by atoms with Gasteiger partial charge in [0.15, 0.2) is 0 Å². The smallest absolute Gasteiger partial charge is 0.251 e. The highest BCUT2D eigenvalue weighted by molar-refractivity contribution is 7.89. The number of thiophene rings is 1. The molecule has 0 radical (unpaired) electrons. The zero-order valence-electron chi connectivity index (χ0n) is 18.0. The lowest BCUT2D eigenvalue weighted by Crippen LogP contribution is -2.42. The molecule has 0 aliphatic carbocycles. The van der Waals surface area contributed by atoms with Gasteiger partial charge in [-0.3, -0.25) is 4.79 Å². The van der Waals surface area contributed by atoms with Crippen molar-refractivity contribution in [2.24, 2.45) is 11.8 Å². The molecular formula is C22H31N3O3S2. The van der Waals surface area contributed by atoms with Crippen molar-refractivity contribution in [2.45, 2.75) is 31.2 Å². The summed E-state index contributed by atoms with van der Waals surface area (Å²) in [5, 5.41) is 4.99. The average molecular weight is 450 g/mol. The maximum atomic E-state index is 13.0. The molecule has 2 heterocycles. The Morgan fingerprint density at radius 1 is 1.17 bits per heavy atom. The van der Waals surface area contributed by atoms with Crippen molar-refractivity contribution in [3.63, 3.8) is 0 Å². The average Bonchev–Trinajstić information content (AvgIpc) is 3.21. The van der Waals surface area contributed by atoms with Gasteiger partial charge in [0.2, 0.25) is 10.0 Å². The number of rotatable bonds is 7. The molecule has 1 aliphatic rings. The number of likely N-dealkylation sites (N-methyl/N-ethyl adjacent to an activating group) is 1. The molecule has 1 aliphatic heterocycles. The van der Waals surface area contributed by atoms with E-state index in [0.29, 0.717) is 37.0 Å². The number of sulfonamides is 1. The Kier molecular flexibility index (Phi) is 7.34. The number of hydrogen-bond donors (Lipinski definition) is 1. The summed E-state index contributed by atoms with van der Waals surface area (Å²) in [5.41, 5.74) is 0.456. The number of carbonyl (C=O) groups is 1. The largest absolute Gasteiger partial charge is 0.350 e. The van der Waals surface area contributed by atoms with Crippen LogP contribution < -0.4 is 5.32 Å². The number of hydrogen-bond acceptors (Lipinski definition) is 5. The Morgan fingerprint density at radius 2 is 1.80 bits per heavy atom. The van der Waals surface area contributed by atoms with Gasteiger partial charge in [0.1, 0.15) is 0 Å². The summed E-state index contributed by atoms with van der Waals surface area (Å²) >= 11 is 1.66. The van der Waals surface area contributed by atoms with Gasteiger partial charge >= 0.3 is 0 Å². The lowest BCUT2D eigenvalue weighted by molar-refractivity contribution is 0.0942. The van der Waals surface area contributed by atoms with Crippen molar-refractivity contribution in [3.8, 4) is 0 Å². The van der Waals surface area contributed by atoms with E-state index >= 15 is 0 Å². The van der Waals surface area contributed by atoms with E-state index in [9.17, 15) is 13.2 Å². The molecule has 1 N–H and O–H groups in total. The summed E-state index contributed by atoms with van der Waals surface area (Å²) in [5.74, 6) is 0.491. The van der Waals surface area contributed by atoms with Crippen molar-refractivity contribution in [3.05, 3.63) is 52.2 Å². The van der Waals surface area contributed by atoms with Gasteiger partial charge in [-0.15, -0.1) is 11.3 Å². The first-order valence-electron chi connectivity index (χ1n) is 10.3. The second-order valence-corrected chi connectivity index (χ2v) is 11.4. The van der Waals surface area contributed by atoms with E-state index in [4.69, 9.17) is 0 Å². The standard InChI is InChI=1S/C22H31N3O3S2/c1-16-12-17(2)15-25(14-16)30(27,28)19-9-7-18(8-10-19)22(26)23-13-20(24(3)4)21-6-5-11-29-21/h5-11,16-17,20H,12-15H2,1-4H3,(H,23,26)/t16-,17-,20+/m1/s1. The maximum Gasteiger partial charge on any atom is 0.251 e. The molecule has 2 aromatic rings. The van der Waals surface area contributed by atoms with E-state index in [1.807, 2.05) is 25.5 Å². The first kappa shape index (κ1) is 22.9. The van der Waals surface area contributed by atoms with Gasteiger partial charge in [-0.25, -0.2) is 8.42 Å². The third kappa shape index (κ3) is 5.29. The molecule has 1 saturated heterocycles. The van der Waals surface area contributed by atoms with Gasteiger partial charge in [-0.1, -0.05) is 19.9 Å². The summed E-state index contributed by atoms with van der Waals surface area (Å²) in [7, 11) is 0.429. The Bertz CT molecular complexity index is 931. The van der Waals surface area contributed by atoms with Crippen LogP contribution in [0.25, 0.3) is 0 Å². The zero-order valence-corrected chi connectivity index (χ0v) is 19.7. The molecule has 1 aromatic carbocycles. The third-order valence-electron chi connectivity index (χ3n) is 5.54. The van der Waals surface area contributed by atoms with Crippen LogP contribution in [0.15, 0.2) is 46.7 Å². The molecule has 3 rings (SSSR count). The maximum absolute atomic E-state index is 13.0. The Balaban J connectivity index is 1.66. The van der Waals surface area contributed by atoms with E-state index < -0.39 is 10.0 Å². The topological polar surface area (TPSA) is 69.7 Å². The number of amides is 1. The van der Waals surface area contributed by atoms with Crippen molar-refractivity contribution in [1.29, 1.82) is 0 Å². The Hall–Kier alpha value is -1.74. The van der Waals surface area contributed by atoms with Gasteiger partial charge in [0, 0.05) is 30.1 Å². The molecule has 30 heavy (non-hydrogen) atoms. The van der Waals surface area contributed by atoms with Crippen molar-refractivity contribution in [2.75, 3.05) is 33.7 Å². The highest BCUT2D eigenvalue weighted by atomic mass is 32.2. The normalized spacial score (nSPS) is 21.5. The van der Waals surface area contributed by atoms with Crippen molar-refractivity contribution < 1.29 is 13.2 Å². The molecule has 0 spiro atoms. The summed E-state index contributed by atoms with van der Waals surface area (Å²) in [6.07, 6.45) is 1.05. The summed E-state index contributed by atoms with van der Waals surface area (Å²) in [6.45, 7) is 5.74. The first-order chi connectivity index (χ1) is 14.2. The van der Waals surface area contributed by atoms with Gasteiger partial charge in [-0.05, 0) is 68.1 Å². The van der Waals surface area contributed by atoms with Crippen LogP contribution in [0.3, 0.4) is 0 Å². The molecule has 0 saturated carbocycles. The molecular weight excluding hydrogens is 418 g/mol. The van der Waals surface area contributed by atoms with Crippen LogP contribution in [0, 0.1) is 11.8 Å². The van der Waals surface area contributed by atoms with E-state index in [1.54, 1.807) is 27.8 Å². The third-order valence-corrected chi connectivity index (χ3v) is 8.36. The van der Waals surface area contributed by atoms with Crippen molar-refractivity contribution >= 4 is 27.3 Å². The lowest BCUT2D eigenvalue weighted by atomic mass is 9.94. The molecule has 1 aromatic heterocycles. The molecule has 6 nitrogen and oxygen atoms in total. The van der Waals surface area contributed by atoms with Crippen LogP contribution in [-0.2, 0) is 10.0 Å². The minimum absolute atomic E-state index is 0.0941. The lowest BCUT2D eigenvalue weighted by Gasteiger charge is -2.34. The minimum atomic E-state index is -3.54. The van der Waals surface area contributed by atoms with Gasteiger partial charge in [0.25, 0.3) is 5.91 Å². The molecule has 1 amide bonds. The fraction of sp³-hybridized carbons (Fsp3) is 0.500. The van der Waals surface area contributed by atoms with Gasteiger partial charge in [0.05, 0.1) is 10.9 Å². The number of piperidine rings is 1. The number of carbonyl (C=O) groups excluding carboxylic acids is 1. The van der Waals surface area contributed by atoms with E-state index in [1.165, 1.54) is 17.0 Å². The highest BCUT2D eigenvalue weighted by Gasteiger charge is 2.31. The number of nitrogens with zero attached hydrogens (tertiary/aromatic N) is 2. The molecule has 0 bridgehead atoms. The zero-order chi connectivity index (χ0) is 21.9. The van der Waals surface area contributed by atoms with E-state index in [0.717, 1.165) is 6.42 Å². The van der Waals surface area contributed by atoms with Crippen molar-refractivity contribution in [1.82, 2.24) is 14.5 Å². The highest BCUT2D eigenvalue weighted by Crippen LogP contribution is 2.27. The van der Waals surface area contributed by atoms with E-state index in [2.05, 4.69) is 30.1 Å². The predicted octanol–water partition coefficient (Wildman–Crippen LogP) is 3.45. The van der Waals surface area contributed by atoms with Crippen LogP contribution in [0.5, 0.6) is 0 Å². The van der Waals surface area contributed by atoms with Gasteiger partial charge in [-0.2, -0.15) is 4.31 Å². The molecule has 1 fully saturated rings. The van der Waals surface area contributed by atoms with Crippen LogP contribution in [0.4, 0.5) is 0 Å². The summed E-state index contributed by atoms with van der Waals surface area (Å²) in [6, 6.07) is 10.4. The van der Waals surface area contributed by atoms with E-state index in [-0.39, 0.29) is 16.8 Å². The first-order valence-corrected chi connectivity index (χ1v) is 12.6. The second-order valence-electron chi connectivity index (χ2n) is 8.50. The second kappa shape index (κ2) is 9.60. The fourth-order valence-electron chi connectivity index (χ4n) is 4.04. The number of benzene rings is 1. The van der Waals surface area contributed by atoms with Gasteiger partial charge < -0.3 is 10.2 Å². The molecule has 3 atom stereocenters. The fourth-order valence-corrected chi connectivity index (χ4v) is 6.64. The Labute approximate surface area is 183 Å². The van der Waals surface area contributed by atoms with Crippen LogP contribution >= 0.6 is 11.3 Å².